The highest BCUT2D eigenvalue weighted by atomic mass is 15.3. The number of fused-ring (bicyclic) bond motifs is 2. The summed E-state index contributed by atoms with van der Waals surface area (Å²) in [6.07, 6.45) is 1.96. The Morgan fingerprint density at radius 3 is 3.11 bits per heavy atom. The van der Waals surface area contributed by atoms with Crippen LogP contribution in [0.3, 0.4) is 0 Å². The molecule has 3 nitrogen and oxygen atoms in total. The number of aryl methyl sites for hydroxylation is 1. The smallest absolute Gasteiger partial charge is 0.100 e. The van der Waals surface area contributed by atoms with E-state index in [1.165, 1.54) is 5.39 Å². The lowest BCUT2D eigenvalue weighted by molar-refractivity contribution is 0.800. The maximum Gasteiger partial charge on any atom is 0.100 e. The van der Waals surface area contributed by atoms with Crippen LogP contribution in [0.5, 0.6) is 0 Å². The molecule has 2 heterocycles. The number of hydrogen-bond acceptors (Lipinski definition) is 1. The van der Waals surface area contributed by atoms with Crippen molar-refractivity contribution in [2.45, 2.75) is 0 Å². The number of H-pyrrole nitrogens is 1. The SMILES string of the molecule is Cn1nc(-c2ccc3cc[nH]c3c2)c2cc[c]cc21. The molecule has 0 spiro atoms. The Morgan fingerprint density at radius 2 is 2.16 bits per heavy atom. The molecule has 0 amide bonds. The van der Waals surface area contributed by atoms with Crippen LogP contribution in [-0.4, -0.2) is 14.8 Å². The third kappa shape index (κ3) is 1.48. The molecule has 2 aromatic carbocycles. The van der Waals surface area contributed by atoms with Gasteiger partial charge in [0, 0.05) is 29.7 Å². The first-order valence-corrected chi connectivity index (χ1v) is 6.23. The van der Waals surface area contributed by atoms with Gasteiger partial charge in [0.05, 0.1) is 5.52 Å². The summed E-state index contributed by atoms with van der Waals surface area (Å²) in [5, 5.41) is 7.01. The maximum atomic E-state index is 4.63. The molecular formula is C16H12N3. The van der Waals surface area contributed by atoms with Crippen LogP contribution < -0.4 is 0 Å². The minimum absolute atomic E-state index is 1.02. The third-order valence-corrected chi connectivity index (χ3v) is 3.52. The van der Waals surface area contributed by atoms with Crippen LogP contribution in [0.25, 0.3) is 33.1 Å². The van der Waals surface area contributed by atoms with Crippen molar-refractivity contribution in [2.75, 3.05) is 0 Å². The first kappa shape index (κ1) is 10.4. The molecule has 0 fully saturated rings. The summed E-state index contributed by atoms with van der Waals surface area (Å²) >= 11 is 0. The predicted molar refractivity (Wildman–Crippen MR) is 76.8 cm³/mol. The summed E-state index contributed by atoms with van der Waals surface area (Å²) in [6, 6.07) is 17.5. The quantitative estimate of drug-likeness (QED) is 0.547. The summed E-state index contributed by atoms with van der Waals surface area (Å²) in [7, 11) is 1.97. The molecule has 4 rings (SSSR count). The summed E-state index contributed by atoms with van der Waals surface area (Å²) in [5.74, 6) is 0. The molecule has 91 valence electrons. The summed E-state index contributed by atoms with van der Waals surface area (Å²) in [6.45, 7) is 0. The van der Waals surface area contributed by atoms with Crippen LogP contribution in [0.2, 0.25) is 0 Å². The topological polar surface area (TPSA) is 33.6 Å². The Morgan fingerprint density at radius 1 is 1.21 bits per heavy atom. The van der Waals surface area contributed by atoms with Gasteiger partial charge in [-0.3, -0.25) is 4.68 Å². The van der Waals surface area contributed by atoms with Crippen LogP contribution in [0.4, 0.5) is 0 Å². The molecule has 0 unspecified atom stereocenters. The van der Waals surface area contributed by atoms with Crippen molar-refractivity contribution in [3.05, 3.63) is 54.7 Å². The van der Waals surface area contributed by atoms with Gasteiger partial charge in [-0.25, -0.2) is 0 Å². The zero-order valence-electron chi connectivity index (χ0n) is 10.5. The average Bonchev–Trinajstić information content (AvgIpc) is 3.03. The largest absolute Gasteiger partial charge is 0.361 e. The molecule has 0 aliphatic heterocycles. The summed E-state index contributed by atoms with van der Waals surface area (Å²) < 4.78 is 1.90. The van der Waals surface area contributed by atoms with Crippen LogP contribution in [0, 0.1) is 6.07 Å². The molecule has 0 atom stereocenters. The lowest BCUT2D eigenvalue weighted by atomic mass is 10.1. The van der Waals surface area contributed by atoms with Crippen molar-refractivity contribution in [1.29, 1.82) is 0 Å². The molecule has 0 aliphatic carbocycles. The minimum Gasteiger partial charge on any atom is -0.361 e. The van der Waals surface area contributed by atoms with Crippen LogP contribution in [-0.2, 0) is 7.05 Å². The Labute approximate surface area is 110 Å². The van der Waals surface area contributed by atoms with Gasteiger partial charge in [-0.2, -0.15) is 5.10 Å². The first-order valence-electron chi connectivity index (χ1n) is 6.23. The van der Waals surface area contributed by atoms with Gasteiger partial charge < -0.3 is 4.98 Å². The van der Waals surface area contributed by atoms with E-state index in [-0.39, 0.29) is 0 Å². The van der Waals surface area contributed by atoms with Crippen LogP contribution >= 0.6 is 0 Å². The van der Waals surface area contributed by atoms with Gasteiger partial charge >= 0.3 is 0 Å². The Hall–Kier alpha value is -2.55. The van der Waals surface area contributed by atoms with E-state index in [0.717, 1.165) is 27.7 Å². The summed E-state index contributed by atoms with van der Waals surface area (Å²) in [4.78, 5) is 3.24. The molecular weight excluding hydrogens is 234 g/mol. The van der Waals surface area contributed by atoms with E-state index in [1.54, 1.807) is 0 Å². The number of aromatic nitrogens is 3. The number of hydrogen-bond donors (Lipinski definition) is 1. The molecule has 0 aliphatic rings. The highest BCUT2D eigenvalue weighted by Gasteiger charge is 2.10. The average molecular weight is 246 g/mol. The van der Waals surface area contributed by atoms with Crippen LogP contribution in [0.15, 0.2) is 48.7 Å². The van der Waals surface area contributed by atoms with Crippen molar-refractivity contribution in [1.82, 2.24) is 14.8 Å². The van der Waals surface area contributed by atoms with Gasteiger partial charge in [0.2, 0.25) is 0 Å². The number of rotatable bonds is 1. The van der Waals surface area contributed by atoms with Gasteiger partial charge in [-0.05, 0) is 35.7 Å². The normalized spacial score (nSPS) is 11.4. The number of aromatic amines is 1. The van der Waals surface area contributed by atoms with Gasteiger partial charge in [0.1, 0.15) is 5.69 Å². The lowest BCUT2D eigenvalue weighted by Crippen LogP contribution is -1.89. The standard InChI is InChI=1S/C16H12N3/c1-19-15-5-3-2-4-13(15)16(18-19)12-7-6-11-8-9-17-14(11)10-12/h2,4-10,17H,1H3. The van der Waals surface area contributed by atoms with Crippen molar-refractivity contribution < 1.29 is 0 Å². The van der Waals surface area contributed by atoms with Gasteiger partial charge in [0.25, 0.3) is 0 Å². The molecule has 4 aromatic rings. The monoisotopic (exact) mass is 246 g/mol. The van der Waals surface area contributed by atoms with E-state index in [4.69, 9.17) is 0 Å². The van der Waals surface area contributed by atoms with E-state index in [2.05, 4.69) is 46.5 Å². The maximum absolute atomic E-state index is 4.63. The van der Waals surface area contributed by atoms with Crippen molar-refractivity contribution in [3.8, 4) is 11.3 Å². The Kier molecular flexibility index (Phi) is 2.03. The van der Waals surface area contributed by atoms with E-state index >= 15 is 0 Å². The molecule has 2 aromatic heterocycles. The first-order chi connectivity index (χ1) is 9.33. The molecule has 19 heavy (non-hydrogen) atoms. The number of nitrogens with one attached hydrogen (secondary N) is 1. The van der Waals surface area contributed by atoms with E-state index < -0.39 is 0 Å². The fourth-order valence-electron chi connectivity index (χ4n) is 2.56. The highest BCUT2D eigenvalue weighted by molar-refractivity contribution is 5.95. The third-order valence-electron chi connectivity index (χ3n) is 3.52. The van der Waals surface area contributed by atoms with E-state index in [1.807, 2.05) is 30.1 Å². The summed E-state index contributed by atoms with van der Waals surface area (Å²) in [5.41, 5.74) is 4.39. The van der Waals surface area contributed by atoms with Crippen molar-refractivity contribution in [2.24, 2.45) is 7.05 Å². The number of benzene rings is 2. The second kappa shape index (κ2) is 3.72. The zero-order chi connectivity index (χ0) is 12.8. The molecule has 0 saturated heterocycles. The van der Waals surface area contributed by atoms with Crippen LogP contribution in [0.1, 0.15) is 0 Å². The van der Waals surface area contributed by atoms with Gasteiger partial charge in [0.15, 0.2) is 0 Å². The molecule has 1 N–H and O–H groups in total. The lowest BCUT2D eigenvalue weighted by Gasteiger charge is -1.98. The molecule has 0 bridgehead atoms. The molecule has 1 radical (unpaired) electrons. The van der Waals surface area contributed by atoms with Gasteiger partial charge in [-0.1, -0.05) is 18.2 Å². The van der Waals surface area contributed by atoms with E-state index in [9.17, 15) is 0 Å². The second-order valence-corrected chi connectivity index (χ2v) is 4.70. The Balaban J connectivity index is 2.03. The predicted octanol–water partition coefficient (Wildman–Crippen LogP) is 3.52. The Bertz CT molecular complexity index is 883. The zero-order valence-corrected chi connectivity index (χ0v) is 10.5. The van der Waals surface area contributed by atoms with Crippen molar-refractivity contribution >= 4 is 21.8 Å². The molecule has 0 saturated carbocycles. The fourth-order valence-corrected chi connectivity index (χ4v) is 2.56. The van der Waals surface area contributed by atoms with Gasteiger partial charge in [-0.15, -0.1) is 0 Å². The minimum atomic E-state index is 1.02. The fraction of sp³-hybridized carbons (Fsp3) is 0.0625. The van der Waals surface area contributed by atoms with E-state index in [0.29, 0.717) is 0 Å². The molecule has 3 heteroatoms. The second-order valence-electron chi connectivity index (χ2n) is 4.70. The van der Waals surface area contributed by atoms with Crippen molar-refractivity contribution in [3.63, 3.8) is 0 Å². The number of nitrogens with zero attached hydrogens (tertiary/aromatic N) is 2. The highest BCUT2D eigenvalue weighted by Crippen LogP contribution is 2.29.